The van der Waals surface area contributed by atoms with E-state index in [4.69, 9.17) is 11.6 Å². The summed E-state index contributed by atoms with van der Waals surface area (Å²) < 4.78 is 0.911. The number of aromatic nitrogens is 2. The highest BCUT2D eigenvalue weighted by molar-refractivity contribution is 9.10. The van der Waals surface area contributed by atoms with Gasteiger partial charge in [0.15, 0.2) is 0 Å². The van der Waals surface area contributed by atoms with Gasteiger partial charge in [0.1, 0.15) is 5.52 Å². The molecular formula is C15H11BrClN3. The first kappa shape index (κ1) is 13.3. The molecule has 2 aromatic heterocycles. The van der Waals surface area contributed by atoms with Crippen molar-refractivity contribution in [2.45, 2.75) is 6.92 Å². The van der Waals surface area contributed by atoms with Gasteiger partial charge in [-0.05, 0) is 52.7 Å². The third-order valence-corrected chi connectivity index (χ3v) is 3.92. The van der Waals surface area contributed by atoms with Crippen molar-refractivity contribution in [1.82, 2.24) is 9.97 Å². The van der Waals surface area contributed by atoms with Crippen molar-refractivity contribution in [2.75, 3.05) is 5.32 Å². The predicted octanol–water partition coefficient (Wildman–Crippen LogP) is 5.10. The van der Waals surface area contributed by atoms with Crippen molar-refractivity contribution >= 4 is 49.9 Å². The number of pyridine rings is 2. The Hall–Kier alpha value is -1.65. The van der Waals surface area contributed by atoms with Crippen LogP contribution in [0.3, 0.4) is 0 Å². The predicted molar refractivity (Wildman–Crippen MR) is 86.7 cm³/mol. The Morgan fingerprint density at radius 2 is 2.00 bits per heavy atom. The molecule has 1 N–H and O–H groups in total. The Kier molecular flexibility index (Phi) is 3.59. The minimum absolute atomic E-state index is 0.740. The lowest BCUT2D eigenvalue weighted by Crippen LogP contribution is -1.96. The number of halogens is 2. The molecule has 0 fully saturated rings. The minimum atomic E-state index is 0.740. The molecule has 0 aliphatic heterocycles. The first-order valence-corrected chi connectivity index (χ1v) is 7.24. The number of hydrogen-bond donors (Lipinski definition) is 1. The molecule has 100 valence electrons. The molecule has 3 aromatic rings. The van der Waals surface area contributed by atoms with Crippen LogP contribution in [0.4, 0.5) is 11.4 Å². The van der Waals surface area contributed by atoms with Crippen LogP contribution in [0.15, 0.2) is 47.2 Å². The molecule has 3 rings (SSSR count). The lowest BCUT2D eigenvalue weighted by atomic mass is 10.2. The maximum Gasteiger partial charge on any atom is 0.112 e. The van der Waals surface area contributed by atoms with Crippen molar-refractivity contribution in [1.29, 1.82) is 0 Å². The number of hydrogen-bond acceptors (Lipinski definition) is 3. The van der Waals surface area contributed by atoms with Crippen LogP contribution < -0.4 is 5.32 Å². The van der Waals surface area contributed by atoms with Crippen molar-refractivity contribution in [3.05, 3.63) is 57.8 Å². The van der Waals surface area contributed by atoms with E-state index in [0.29, 0.717) is 0 Å². The lowest BCUT2D eigenvalue weighted by molar-refractivity contribution is 1.31. The summed E-state index contributed by atoms with van der Waals surface area (Å²) >= 11 is 9.55. The molecule has 0 aliphatic carbocycles. The summed E-state index contributed by atoms with van der Waals surface area (Å²) in [5, 5.41) is 4.11. The van der Waals surface area contributed by atoms with Gasteiger partial charge in [0.05, 0.1) is 11.2 Å². The standard InChI is InChI=1S/C15H11BrClN3/c1-9-11(17)3-2-4-12(9)20-13-5-6-18-14-7-10(16)8-19-15(13)14/h2-8H,1H3,(H,18,20). The van der Waals surface area contributed by atoms with E-state index < -0.39 is 0 Å². The van der Waals surface area contributed by atoms with Crippen LogP contribution in [0.1, 0.15) is 5.56 Å². The van der Waals surface area contributed by atoms with Crippen LogP contribution in [0.5, 0.6) is 0 Å². The molecule has 0 spiro atoms. The van der Waals surface area contributed by atoms with Gasteiger partial charge >= 0.3 is 0 Å². The van der Waals surface area contributed by atoms with E-state index in [1.54, 1.807) is 12.4 Å². The van der Waals surface area contributed by atoms with Gasteiger partial charge in [-0.1, -0.05) is 17.7 Å². The van der Waals surface area contributed by atoms with Crippen molar-refractivity contribution in [3.8, 4) is 0 Å². The Morgan fingerprint density at radius 1 is 1.15 bits per heavy atom. The van der Waals surface area contributed by atoms with Gasteiger partial charge in [0.2, 0.25) is 0 Å². The van der Waals surface area contributed by atoms with E-state index in [-0.39, 0.29) is 0 Å². The summed E-state index contributed by atoms with van der Waals surface area (Å²) in [4.78, 5) is 8.75. The average molecular weight is 349 g/mol. The van der Waals surface area contributed by atoms with Gasteiger partial charge in [-0.25, -0.2) is 0 Å². The second-order valence-corrected chi connectivity index (χ2v) is 5.74. The van der Waals surface area contributed by atoms with Crippen molar-refractivity contribution in [3.63, 3.8) is 0 Å². The van der Waals surface area contributed by atoms with E-state index in [2.05, 4.69) is 31.2 Å². The molecule has 2 heterocycles. The van der Waals surface area contributed by atoms with Crippen LogP contribution >= 0.6 is 27.5 Å². The number of nitrogens with one attached hydrogen (secondary N) is 1. The SMILES string of the molecule is Cc1c(Cl)cccc1Nc1ccnc2cc(Br)cnc12. The topological polar surface area (TPSA) is 37.8 Å². The third-order valence-electron chi connectivity index (χ3n) is 3.08. The van der Waals surface area contributed by atoms with Gasteiger partial charge in [-0.3, -0.25) is 9.97 Å². The maximum absolute atomic E-state index is 6.14. The van der Waals surface area contributed by atoms with E-state index in [0.717, 1.165) is 37.5 Å². The quantitative estimate of drug-likeness (QED) is 0.700. The smallest absolute Gasteiger partial charge is 0.112 e. The van der Waals surface area contributed by atoms with Crippen molar-refractivity contribution < 1.29 is 0 Å². The zero-order chi connectivity index (χ0) is 14.1. The average Bonchev–Trinajstić information content (AvgIpc) is 2.44. The van der Waals surface area contributed by atoms with Gasteiger partial charge in [-0.15, -0.1) is 0 Å². The summed E-state index contributed by atoms with van der Waals surface area (Å²) in [6.45, 7) is 1.98. The number of benzene rings is 1. The Morgan fingerprint density at radius 3 is 2.85 bits per heavy atom. The molecule has 1 aromatic carbocycles. The summed E-state index contributed by atoms with van der Waals surface area (Å²) in [6, 6.07) is 9.64. The zero-order valence-electron chi connectivity index (χ0n) is 10.7. The summed E-state index contributed by atoms with van der Waals surface area (Å²) in [7, 11) is 0. The Labute approximate surface area is 130 Å². The van der Waals surface area contributed by atoms with E-state index in [1.807, 2.05) is 37.3 Å². The third kappa shape index (κ3) is 2.49. The highest BCUT2D eigenvalue weighted by Gasteiger charge is 2.07. The van der Waals surface area contributed by atoms with E-state index in [1.165, 1.54) is 0 Å². The maximum atomic E-state index is 6.14. The van der Waals surface area contributed by atoms with Crippen LogP contribution in [0, 0.1) is 6.92 Å². The molecule has 5 heteroatoms. The summed E-state index contributed by atoms with van der Waals surface area (Å²) in [5.74, 6) is 0. The van der Waals surface area contributed by atoms with Gasteiger partial charge in [0.25, 0.3) is 0 Å². The Balaban J connectivity index is 2.09. The molecule has 0 saturated heterocycles. The molecule has 0 amide bonds. The second-order valence-electron chi connectivity index (χ2n) is 4.42. The molecule has 0 saturated carbocycles. The highest BCUT2D eigenvalue weighted by Crippen LogP contribution is 2.29. The van der Waals surface area contributed by atoms with Gasteiger partial charge in [0, 0.05) is 27.6 Å². The van der Waals surface area contributed by atoms with Gasteiger partial charge in [-0.2, -0.15) is 0 Å². The summed E-state index contributed by atoms with van der Waals surface area (Å²) in [5.41, 5.74) is 4.55. The summed E-state index contributed by atoms with van der Waals surface area (Å²) in [6.07, 6.45) is 3.53. The number of fused-ring (bicyclic) bond motifs is 1. The zero-order valence-corrected chi connectivity index (χ0v) is 13.0. The molecule has 0 aliphatic rings. The molecule has 20 heavy (non-hydrogen) atoms. The van der Waals surface area contributed by atoms with Gasteiger partial charge < -0.3 is 5.32 Å². The fraction of sp³-hybridized carbons (Fsp3) is 0.0667. The second kappa shape index (κ2) is 5.38. The van der Waals surface area contributed by atoms with Crippen LogP contribution in [0.2, 0.25) is 5.02 Å². The minimum Gasteiger partial charge on any atom is -0.353 e. The highest BCUT2D eigenvalue weighted by atomic mass is 79.9. The largest absolute Gasteiger partial charge is 0.353 e. The van der Waals surface area contributed by atoms with E-state index >= 15 is 0 Å². The number of rotatable bonds is 2. The fourth-order valence-electron chi connectivity index (χ4n) is 1.99. The molecule has 3 nitrogen and oxygen atoms in total. The molecule has 0 bridgehead atoms. The first-order valence-electron chi connectivity index (χ1n) is 6.07. The fourth-order valence-corrected chi connectivity index (χ4v) is 2.49. The molecular weight excluding hydrogens is 338 g/mol. The van der Waals surface area contributed by atoms with Crippen LogP contribution in [0.25, 0.3) is 11.0 Å². The van der Waals surface area contributed by atoms with Crippen molar-refractivity contribution in [2.24, 2.45) is 0 Å². The van der Waals surface area contributed by atoms with E-state index in [9.17, 15) is 0 Å². The first-order chi connectivity index (χ1) is 9.65. The number of nitrogens with zero attached hydrogens (tertiary/aromatic N) is 2. The van der Waals surface area contributed by atoms with Crippen LogP contribution in [-0.2, 0) is 0 Å². The van der Waals surface area contributed by atoms with Crippen LogP contribution in [-0.4, -0.2) is 9.97 Å². The molecule has 0 atom stereocenters. The monoisotopic (exact) mass is 347 g/mol. The molecule has 0 radical (unpaired) electrons. The normalized spacial score (nSPS) is 10.8. The molecule has 0 unspecified atom stereocenters. The Bertz CT molecular complexity index is 789. The number of anilines is 2. The lowest BCUT2D eigenvalue weighted by Gasteiger charge is -2.12.